The summed E-state index contributed by atoms with van der Waals surface area (Å²) in [7, 11) is -4.06. The van der Waals surface area contributed by atoms with E-state index in [-0.39, 0.29) is 9.81 Å². The number of hydrogen-bond acceptors (Lipinski definition) is 2. The summed E-state index contributed by atoms with van der Waals surface area (Å²) in [6.45, 7) is 0. The molecule has 2 nitrogen and oxygen atoms in total. The normalized spacial score (nSPS) is 12.9. The molecule has 0 aromatic heterocycles. The van der Waals surface area contributed by atoms with Crippen LogP contribution in [0.3, 0.4) is 0 Å². The van der Waals surface area contributed by atoms with Crippen molar-refractivity contribution in [2.75, 3.05) is 0 Å². The topological polar surface area (TPSA) is 34.1 Å². The predicted octanol–water partition coefficient (Wildman–Crippen LogP) is 8.19. The molecular formula is C32H24F2O2S. The minimum Gasteiger partial charge on any atom is -0.219 e. The number of allylic oxidation sites excluding steroid dienone is 2. The van der Waals surface area contributed by atoms with E-state index in [2.05, 4.69) is 0 Å². The van der Waals surface area contributed by atoms with Crippen LogP contribution in [0, 0.1) is 11.6 Å². The second-order valence-corrected chi connectivity index (χ2v) is 10.1. The van der Waals surface area contributed by atoms with Gasteiger partial charge in [0.05, 0.1) is 9.81 Å². The van der Waals surface area contributed by atoms with Gasteiger partial charge < -0.3 is 0 Å². The van der Waals surface area contributed by atoms with Gasteiger partial charge in [0, 0.05) is 0 Å². The number of benzene rings is 4. The largest absolute Gasteiger partial charge is 0.219 e. The summed E-state index contributed by atoms with van der Waals surface area (Å²) in [5.74, 6) is -0.826. The summed E-state index contributed by atoms with van der Waals surface area (Å²) in [4.78, 5) is 0.0445. The van der Waals surface area contributed by atoms with Crippen molar-refractivity contribution >= 4 is 34.1 Å². The van der Waals surface area contributed by atoms with E-state index in [0.717, 1.165) is 11.1 Å². The van der Waals surface area contributed by atoms with Crippen LogP contribution in [0.5, 0.6) is 0 Å². The van der Waals surface area contributed by atoms with Crippen LogP contribution in [0.4, 0.5) is 8.78 Å². The smallest absolute Gasteiger partial charge is 0.206 e. The Morgan fingerprint density at radius 1 is 0.486 bits per heavy atom. The molecule has 0 saturated heterocycles. The van der Waals surface area contributed by atoms with E-state index < -0.39 is 21.5 Å². The zero-order valence-corrected chi connectivity index (χ0v) is 20.7. The molecule has 4 rings (SSSR count). The quantitative estimate of drug-likeness (QED) is 0.224. The van der Waals surface area contributed by atoms with Gasteiger partial charge in [-0.1, -0.05) is 97.1 Å². The Bertz CT molecular complexity index is 1430. The summed E-state index contributed by atoms with van der Waals surface area (Å²) in [6, 6.07) is 29.8. The summed E-state index contributed by atoms with van der Waals surface area (Å²) in [6.07, 6.45) is 9.49. The highest BCUT2D eigenvalue weighted by molar-refractivity contribution is 7.99. The minimum atomic E-state index is -4.06. The third kappa shape index (κ3) is 7.32. The zero-order chi connectivity index (χ0) is 26.1. The lowest BCUT2D eigenvalue weighted by Gasteiger charge is -2.09. The summed E-state index contributed by atoms with van der Waals surface area (Å²) in [5, 5.41) is 0. The molecule has 0 aliphatic heterocycles. The third-order valence-corrected chi connectivity index (χ3v) is 7.21. The second-order valence-electron chi connectivity index (χ2n) is 8.19. The van der Waals surface area contributed by atoms with Crippen LogP contribution in [-0.2, 0) is 9.84 Å². The number of hydrogen-bond donors (Lipinski definition) is 0. The summed E-state index contributed by atoms with van der Waals surface area (Å²) < 4.78 is 55.0. The molecule has 0 saturated carbocycles. The molecule has 5 heteroatoms. The van der Waals surface area contributed by atoms with E-state index in [0.29, 0.717) is 11.1 Å². The second kappa shape index (κ2) is 12.1. The monoisotopic (exact) mass is 510 g/mol. The minimum absolute atomic E-state index is 0.0223. The van der Waals surface area contributed by atoms with Crippen molar-refractivity contribution in [1.82, 2.24) is 0 Å². The van der Waals surface area contributed by atoms with E-state index in [1.807, 2.05) is 60.7 Å². The van der Waals surface area contributed by atoms with Crippen LogP contribution in [-0.4, -0.2) is 8.42 Å². The van der Waals surface area contributed by atoms with Gasteiger partial charge in [-0.05, 0) is 70.8 Å². The van der Waals surface area contributed by atoms with Crippen molar-refractivity contribution in [1.29, 1.82) is 0 Å². The van der Waals surface area contributed by atoms with E-state index in [4.69, 9.17) is 0 Å². The lowest BCUT2D eigenvalue weighted by molar-refractivity contribution is 0.610. The van der Waals surface area contributed by atoms with Gasteiger partial charge in [0.1, 0.15) is 11.6 Å². The van der Waals surface area contributed by atoms with Gasteiger partial charge >= 0.3 is 0 Å². The molecule has 0 radical (unpaired) electrons. The van der Waals surface area contributed by atoms with Crippen molar-refractivity contribution in [3.05, 3.63) is 165 Å². The van der Waals surface area contributed by atoms with Crippen LogP contribution in [0.15, 0.2) is 131 Å². The van der Waals surface area contributed by atoms with Crippen LogP contribution >= 0.6 is 0 Å². The maximum Gasteiger partial charge on any atom is 0.206 e. The van der Waals surface area contributed by atoms with Crippen molar-refractivity contribution in [3.8, 4) is 0 Å². The molecule has 0 aliphatic carbocycles. The molecule has 0 bridgehead atoms. The van der Waals surface area contributed by atoms with Gasteiger partial charge in [-0.25, -0.2) is 17.2 Å². The third-order valence-electron chi connectivity index (χ3n) is 5.46. The first-order valence-corrected chi connectivity index (χ1v) is 13.0. The average molecular weight is 511 g/mol. The molecule has 0 atom stereocenters. The molecule has 37 heavy (non-hydrogen) atoms. The van der Waals surface area contributed by atoms with Gasteiger partial charge in [-0.3, -0.25) is 0 Å². The number of rotatable bonds is 8. The molecule has 0 N–H and O–H groups in total. The summed E-state index contributed by atoms with van der Waals surface area (Å²) >= 11 is 0. The molecule has 0 unspecified atom stereocenters. The van der Waals surface area contributed by atoms with Crippen LogP contribution in [0.1, 0.15) is 22.3 Å². The van der Waals surface area contributed by atoms with Crippen LogP contribution in [0.25, 0.3) is 24.3 Å². The Kier molecular flexibility index (Phi) is 8.39. The number of halogens is 2. The van der Waals surface area contributed by atoms with Gasteiger partial charge in [0.2, 0.25) is 9.84 Å². The molecule has 4 aromatic carbocycles. The molecule has 0 amide bonds. The fourth-order valence-electron chi connectivity index (χ4n) is 3.50. The van der Waals surface area contributed by atoms with Gasteiger partial charge in [-0.15, -0.1) is 0 Å². The summed E-state index contributed by atoms with van der Waals surface area (Å²) in [5.41, 5.74) is 2.72. The van der Waals surface area contributed by atoms with Crippen LogP contribution < -0.4 is 0 Å². The maximum absolute atomic E-state index is 14.0. The fourth-order valence-corrected chi connectivity index (χ4v) is 4.85. The predicted molar refractivity (Wildman–Crippen MR) is 149 cm³/mol. The Hall–Kier alpha value is -4.35. The first-order valence-electron chi connectivity index (χ1n) is 11.6. The van der Waals surface area contributed by atoms with Gasteiger partial charge in [0.25, 0.3) is 0 Å². The lowest BCUT2D eigenvalue weighted by Crippen LogP contribution is -2.05. The Labute approximate surface area is 216 Å². The van der Waals surface area contributed by atoms with Crippen molar-refractivity contribution < 1.29 is 17.2 Å². The average Bonchev–Trinajstić information content (AvgIpc) is 2.92. The standard InChI is InChI=1S/C32H24F2O2S/c33-29-17-11-27(12-18-29)23-31(21-15-25-7-3-1-4-8-25)37(35,36)32(22-16-26-9-5-2-6-10-26)24-28-13-19-30(34)20-14-28/h1-24H/b21-15-,22-16-,31-23+,32-24+. The molecule has 0 heterocycles. The highest BCUT2D eigenvalue weighted by Gasteiger charge is 2.20. The van der Waals surface area contributed by atoms with E-state index in [1.165, 1.54) is 72.8 Å². The zero-order valence-electron chi connectivity index (χ0n) is 19.8. The molecule has 4 aromatic rings. The highest BCUT2D eigenvalue weighted by Crippen LogP contribution is 2.26. The first-order chi connectivity index (χ1) is 17.9. The van der Waals surface area contributed by atoms with Crippen molar-refractivity contribution in [2.24, 2.45) is 0 Å². The van der Waals surface area contributed by atoms with E-state index in [1.54, 1.807) is 12.2 Å². The fraction of sp³-hybridized carbons (Fsp3) is 0. The molecule has 0 spiro atoms. The van der Waals surface area contributed by atoms with Gasteiger partial charge in [0.15, 0.2) is 0 Å². The molecular weight excluding hydrogens is 486 g/mol. The SMILES string of the molecule is O=S(=O)(C(/C=C\c1ccccc1)=C/c1ccc(F)cc1)C(/C=C\c1ccccc1)=C/c1ccc(F)cc1. The Balaban J connectivity index is 1.84. The van der Waals surface area contributed by atoms with E-state index >= 15 is 0 Å². The van der Waals surface area contributed by atoms with Crippen LogP contribution in [0.2, 0.25) is 0 Å². The lowest BCUT2D eigenvalue weighted by atomic mass is 10.2. The molecule has 0 fully saturated rings. The Morgan fingerprint density at radius 3 is 1.19 bits per heavy atom. The van der Waals surface area contributed by atoms with Crippen molar-refractivity contribution in [3.63, 3.8) is 0 Å². The molecule has 0 aliphatic rings. The number of sulfone groups is 1. The molecule has 184 valence electrons. The van der Waals surface area contributed by atoms with E-state index in [9.17, 15) is 17.2 Å². The Morgan fingerprint density at radius 2 is 0.838 bits per heavy atom. The highest BCUT2D eigenvalue weighted by atomic mass is 32.2. The first kappa shape index (κ1) is 25.7. The van der Waals surface area contributed by atoms with Gasteiger partial charge in [-0.2, -0.15) is 0 Å². The van der Waals surface area contributed by atoms with Crippen molar-refractivity contribution in [2.45, 2.75) is 0 Å². The maximum atomic E-state index is 14.0.